The van der Waals surface area contributed by atoms with Crippen molar-refractivity contribution < 1.29 is 0 Å². The van der Waals surface area contributed by atoms with Crippen molar-refractivity contribution in [3.8, 4) is 0 Å². The summed E-state index contributed by atoms with van der Waals surface area (Å²) < 4.78 is 0. The lowest BCUT2D eigenvalue weighted by Crippen LogP contribution is -2.40. The van der Waals surface area contributed by atoms with Crippen molar-refractivity contribution in [2.45, 2.75) is 13.0 Å². The van der Waals surface area contributed by atoms with E-state index >= 15 is 0 Å². The molecule has 0 saturated carbocycles. The number of allylic oxidation sites excluding steroid dienone is 1. The van der Waals surface area contributed by atoms with E-state index in [-0.39, 0.29) is 6.04 Å². The normalized spacial score (nSPS) is 20.8. The molecule has 0 fully saturated rings. The predicted octanol–water partition coefficient (Wildman–Crippen LogP) is 2.11. The van der Waals surface area contributed by atoms with E-state index in [0.717, 1.165) is 5.70 Å². The van der Waals surface area contributed by atoms with E-state index in [1.165, 1.54) is 5.56 Å². The van der Waals surface area contributed by atoms with Crippen LogP contribution in [-0.2, 0) is 0 Å². The molecule has 0 bridgehead atoms. The first kappa shape index (κ1) is 9.21. The first-order chi connectivity index (χ1) is 6.75. The monoisotopic (exact) mass is 204 g/mol. The van der Waals surface area contributed by atoms with Crippen LogP contribution in [0.1, 0.15) is 18.5 Å². The molecule has 1 unspecified atom stereocenters. The molecule has 1 atom stereocenters. The Labute approximate surface area is 89.0 Å². The highest BCUT2D eigenvalue weighted by Crippen LogP contribution is 2.17. The molecule has 14 heavy (non-hydrogen) atoms. The second-order valence-corrected chi connectivity index (χ2v) is 3.74. The van der Waals surface area contributed by atoms with Gasteiger partial charge in [-0.1, -0.05) is 30.3 Å². The van der Waals surface area contributed by atoms with Crippen molar-refractivity contribution in [3.05, 3.63) is 47.7 Å². The van der Waals surface area contributed by atoms with Gasteiger partial charge in [0.05, 0.1) is 6.04 Å². The summed E-state index contributed by atoms with van der Waals surface area (Å²) in [7, 11) is 0. The fourth-order valence-corrected chi connectivity index (χ4v) is 1.82. The van der Waals surface area contributed by atoms with Gasteiger partial charge in [-0.15, -0.1) is 0 Å². The second kappa shape index (κ2) is 3.80. The number of benzene rings is 1. The molecule has 2 N–H and O–H groups in total. The van der Waals surface area contributed by atoms with E-state index in [2.05, 4.69) is 28.8 Å². The van der Waals surface area contributed by atoms with Crippen LogP contribution in [0.5, 0.6) is 0 Å². The standard InChI is InChI=1S/C11H12N2S/c1-8-7-10(13-11(14)12-8)9-5-3-2-4-6-9/h2-7,10H,1H3,(H2,12,13,14). The van der Waals surface area contributed by atoms with Crippen LogP contribution in [0.2, 0.25) is 0 Å². The molecule has 1 aromatic carbocycles. The van der Waals surface area contributed by atoms with Crippen molar-refractivity contribution in [2.75, 3.05) is 0 Å². The number of rotatable bonds is 1. The van der Waals surface area contributed by atoms with E-state index in [4.69, 9.17) is 12.2 Å². The maximum absolute atomic E-state index is 5.10. The van der Waals surface area contributed by atoms with Gasteiger partial charge in [-0.05, 0) is 30.8 Å². The minimum absolute atomic E-state index is 0.199. The van der Waals surface area contributed by atoms with E-state index in [1.54, 1.807) is 0 Å². The molecule has 1 aliphatic rings. The van der Waals surface area contributed by atoms with Crippen LogP contribution >= 0.6 is 12.2 Å². The zero-order valence-corrected chi connectivity index (χ0v) is 8.77. The average Bonchev–Trinajstić information content (AvgIpc) is 2.18. The van der Waals surface area contributed by atoms with Crippen LogP contribution in [0.3, 0.4) is 0 Å². The summed E-state index contributed by atoms with van der Waals surface area (Å²) in [5.41, 5.74) is 2.33. The molecule has 2 nitrogen and oxygen atoms in total. The average molecular weight is 204 g/mol. The highest BCUT2D eigenvalue weighted by molar-refractivity contribution is 7.80. The van der Waals surface area contributed by atoms with E-state index < -0.39 is 0 Å². The Morgan fingerprint density at radius 3 is 2.57 bits per heavy atom. The van der Waals surface area contributed by atoms with Crippen molar-refractivity contribution in [3.63, 3.8) is 0 Å². The van der Waals surface area contributed by atoms with Crippen molar-refractivity contribution in [1.29, 1.82) is 0 Å². The Hall–Kier alpha value is -1.35. The van der Waals surface area contributed by atoms with Gasteiger partial charge in [0.15, 0.2) is 5.11 Å². The molecule has 0 aromatic heterocycles. The molecule has 3 heteroatoms. The third-order valence-electron chi connectivity index (χ3n) is 2.17. The number of hydrogen-bond acceptors (Lipinski definition) is 1. The van der Waals surface area contributed by atoms with Crippen LogP contribution < -0.4 is 10.6 Å². The molecule has 0 amide bonds. The molecule has 1 aliphatic heterocycles. The Kier molecular flexibility index (Phi) is 2.50. The van der Waals surface area contributed by atoms with Gasteiger partial charge < -0.3 is 10.6 Å². The third kappa shape index (κ3) is 1.93. The van der Waals surface area contributed by atoms with Gasteiger partial charge in [0.2, 0.25) is 0 Å². The van der Waals surface area contributed by atoms with Crippen LogP contribution in [0.15, 0.2) is 42.1 Å². The molecule has 0 radical (unpaired) electrons. The second-order valence-electron chi connectivity index (χ2n) is 3.34. The van der Waals surface area contributed by atoms with E-state index in [0.29, 0.717) is 5.11 Å². The van der Waals surface area contributed by atoms with Crippen LogP contribution in [0, 0.1) is 0 Å². The smallest absolute Gasteiger partial charge is 0.171 e. The minimum Gasteiger partial charge on any atom is -0.352 e. The summed E-state index contributed by atoms with van der Waals surface area (Å²) in [5.74, 6) is 0. The first-order valence-electron chi connectivity index (χ1n) is 4.56. The molecule has 72 valence electrons. The van der Waals surface area contributed by atoms with Gasteiger partial charge >= 0.3 is 0 Å². The van der Waals surface area contributed by atoms with E-state index in [1.807, 2.05) is 25.1 Å². The topological polar surface area (TPSA) is 24.1 Å². The zero-order valence-electron chi connectivity index (χ0n) is 7.95. The maximum atomic E-state index is 5.10. The molecule has 2 rings (SSSR count). The zero-order chi connectivity index (χ0) is 9.97. The fourth-order valence-electron chi connectivity index (χ4n) is 1.53. The lowest BCUT2D eigenvalue weighted by atomic mass is 10.1. The molecule has 0 saturated heterocycles. The van der Waals surface area contributed by atoms with Crippen LogP contribution in [-0.4, -0.2) is 5.11 Å². The minimum atomic E-state index is 0.199. The molecular weight excluding hydrogens is 192 g/mol. The van der Waals surface area contributed by atoms with Gasteiger partial charge in [-0.3, -0.25) is 0 Å². The Morgan fingerprint density at radius 2 is 1.93 bits per heavy atom. The summed E-state index contributed by atoms with van der Waals surface area (Å²) >= 11 is 5.10. The molecule has 0 spiro atoms. The molecule has 1 aromatic rings. The van der Waals surface area contributed by atoms with Gasteiger partial charge in [0.25, 0.3) is 0 Å². The quantitative estimate of drug-likeness (QED) is 0.685. The summed E-state index contributed by atoms with van der Waals surface area (Å²) in [6, 6.07) is 10.5. The summed E-state index contributed by atoms with van der Waals surface area (Å²) in [5, 5.41) is 6.96. The van der Waals surface area contributed by atoms with Crippen LogP contribution in [0.25, 0.3) is 0 Å². The largest absolute Gasteiger partial charge is 0.352 e. The van der Waals surface area contributed by atoms with Crippen molar-refractivity contribution in [1.82, 2.24) is 10.6 Å². The third-order valence-corrected chi connectivity index (χ3v) is 2.39. The molecule has 0 aliphatic carbocycles. The highest BCUT2D eigenvalue weighted by atomic mass is 32.1. The first-order valence-corrected chi connectivity index (χ1v) is 4.97. The number of thiocarbonyl (C=S) groups is 1. The van der Waals surface area contributed by atoms with Crippen molar-refractivity contribution in [2.24, 2.45) is 0 Å². The van der Waals surface area contributed by atoms with Crippen molar-refractivity contribution >= 4 is 17.3 Å². The lowest BCUT2D eigenvalue weighted by Gasteiger charge is -2.24. The summed E-state index contributed by atoms with van der Waals surface area (Å²) in [4.78, 5) is 0. The Morgan fingerprint density at radius 1 is 1.21 bits per heavy atom. The van der Waals surface area contributed by atoms with Gasteiger partial charge in [-0.25, -0.2) is 0 Å². The fraction of sp³-hybridized carbons (Fsp3) is 0.182. The van der Waals surface area contributed by atoms with Crippen LogP contribution in [0.4, 0.5) is 0 Å². The highest BCUT2D eigenvalue weighted by Gasteiger charge is 2.14. The Bertz CT molecular complexity index is 370. The van der Waals surface area contributed by atoms with Gasteiger partial charge in [0, 0.05) is 5.70 Å². The molecular formula is C11H12N2S. The summed E-state index contributed by atoms with van der Waals surface area (Å²) in [6.07, 6.45) is 2.13. The summed E-state index contributed by atoms with van der Waals surface area (Å²) in [6.45, 7) is 2.02. The Balaban J connectivity index is 2.28. The predicted molar refractivity (Wildman–Crippen MR) is 61.8 cm³/mol. The SMILES string of the molecule is CC1=CC(c2ccccc2)NC(=S)N1. The van der Waals surface area contributed by atoms with E-state index in [9.17, 15) is 0 Å². The number of hydrogen-bond donors (Lipinski definition) is 2. The molecule has 1 heterocycles. The maximum Gasteiger partial charge on any atom is 0.171 e. The van der Waals surface area contributed by atoms with Gasteiger partial charge in [0.1, 0.15) is 0 Å². The lowest BCUT2D eigenvalue weighted by molar-refractivity contribution is 0.739. The van der Waals surface area contributed by atoms with Gasteiger partial charge in [-0.2, -0.15) is 0 Å². The number of nitrogens with one attached hydrogen (secondary N) is 2.